The second-order valence-corrected chi connectivity index (χ2v) is 36.7. The normalized spacial score (nSPS) is 13.6. The number of rotatable bonds is 20. The Morgan fingerprint density at radius 2 is 0.278 bits per heavy atom. The first-order chi connectivity index (χ1) is 47.1. The van der Waals surface area contributed by atoms with Gasteiger partial charge in [-0.15, -0.1) is 15.5 Å². The number of sulfonamides is 8. The maximum absolute atomic E-state index is 12.0. The molecule has 4 heterocycles. The molecular formula is C36H36F28N8O24S12. The molecule has 0 saturated carbocycles. The first kappa shape index (κ1) is 108. The average Bonchev–Trinajstić information content (AvgIpc) is 0.809. The van der Waals surface area contributed by atoms with Crippen LogP contribution in [-0.2, 0) is 147 Å². The van der Waals surface area contributed by atoms with Gasteiger partial charge in [-0.25, -0.2) is 85.6 Å². The summed E-state index contributed by atoms with van der Waals surface area (Å²) >= 11 is 0. The fourth-order valence-electron chi connectivity index (χ4n) is 4.05. The van der Waals surface area contributed by atoms with E-state index in [0.29, 0.717) is 0 Å². The minimum absolute atomic E-state index is 0.152. The van der Waals surface area contributed by atoms with Crippen molar-refractivity contribution in [3.05, 3.63) is 139 Å². The maximum Gasteiger partial charge on any atom is 0.480 e. The quantitative estimate of drug-likeness (QED) is 0.0612. The largest absolute Gasteiger partial charge is 0.480 e. The van der Waals surface area contributed by atoms with Crippen LogP contribution in [0.5, 0.6) is 0 Å². The molecule has 0 aliphatic carbocycles. The first-order valence-corrected chi connectivity index (χ1v) is 41.8. The van der Waals surface area contributed by atoms with Gasteiger partial charge in [-0.2, -0.15) is 139 Å². The van der Waals surface area contributed by atoms with E-state index in [2.05, 4.69) is 0 Å². The molecule has 0 unspecified atom stereocenters. The van der Waals surface area contributed by atoms with Crippen molar-refractivity contribution in [3.63, 3.8) is 0 Å². The van der Waals surface area contributed by atoms with Gasteiger partial charge in [-0.1, -0.05) is 24.3 Å². The van der Waals surface area contributed by atoms with E-state index in [9.17, 15) is 222 Å². The van der Waals surface area contributed by atoms with Gasteiger partial charge >= 0.3 is 85.0 Å². The van der Waals surface area contributed by atoms with Crippen LogP contribution in [-0.4, -0.2) is 168 Å². The Kier molecular flexibility index (Phi) is 40.5. The Balaban J connectivity index is -0.000000573. The number of halogens is 28. The summed E-state index contributed by atoms with van der Waals surface area (Å²) < 4.78 is 572. The zero-order valence-electron chi connectivity index (χ0n) is 50.1. The molecule has 0 saturated heterocycles. The van der Waals surface area contributed by atoms with Crippen LogP contribution in [0.15, 0.2) is 122 Å². The minimum atomic E-state index is -6.72. The van der Waals surface area contributed by atoms with Gasteiger partial charge < -0.3 is 16.5 Å². The van der Waals surface area contributed by atoms with Crippen molar-refractivity contribution < 1.29 is 240 Å². The lowest BCUT2D eigenvalue weighted by molar-refractivity contribution is -0.692. The number of hydrogen-bond acceptors (Lipinski definition) is 24. The monoisotopic (exact) mass is 1880 g/mol. The summed E-state index contributed by atoms with van der Waals surface area (Å²) in [6.07, 6.45) is 13.5. The SMILES string of the molecule is O=S(=O)(F)CC[n+]1ccccc1.O=S(=O)(F)CC[n+]1ccccc1.O=S(=O)(F)CC[n+]1ccccc1.O=S(=O)(F)CC[n+]1ccccc1.O=S(=O)([N-]S(=O)(=O)C(F)(F)F)C(F)(F)F.O=S(=O)([N-]S(=O)(=O)C(F)(F)F)C(F)(F)F.O=S(=O)([N-]S(=O)(=O)C(F)(F)F)C(F)(F)F.O=S(=O)([N-]S(=O)(=O)C(F)(F)F)C(F)(F)F. The number of hydrogen-bond donors (Lipinski definition) is 0. The predicted molar refractivity (Wildman–Crippen MR) is 299 cm³/mol. The molecule has 4 rings (SSSR count). The highest BCUT2D eigenvalue weighted by atomic mass is 32.3. The lowest BCUT2D eigenvalue weighted by atomic mass is 10.5. The van der Waals surface area contributed by atoms with E-state index >= 15 is 0 Å². The van der Waals surface area contributed by atoms with Gasteiger partial charge in [0.2, 0.25) is 0 Å². The van der Waals surface area contributed by atoms with Gasteiger partial charge in [0.05, 0.1) is 0 Å². The Bertz CT molecular complexity index is 4160. The summed E-state index contributed by atoms with van der Waals surface area (Å²) in [5.41, 5.74) is -49.6. The van der Waals surface area contributed by atoms with Crippen LogP contribution >= 0.6 is 0 Å². The summed E-state index contributed by atoms with van der Waals surface area (Å²) in [4.78, 5) is 0. The molecule has 4 aromatic rings. The predicted octanol–water partition coefficient (Wildman–Crippen LogP) is 5.33. The third-order valence-electron chi connectivity index (χ3n) is 8.61. The van der Waals surface area contributed by atoms with Gasteiger partial charge in [-0.3, -0.25) is 0 Å². The van der Waals surface area contributed by atoms with Gasteiger partial charge in [-0.05, 0) is 0 Å². The topological polar surface area (TPSA) is 482 Å². The van der Waals surface area contributed by atoms with E-state index in [0.717, 1.165) is 16.5 Å². The van der Waals surface area contributed by atoms with E-state index in [1.165, 1.54) is 0 Å². The van der Waals surface area contributed by atoms with Gasteiger partial charge in [0, 0.05) is 48.5 Å². The molecule has 0 spiro atoms. The van der Waals surface area contributed by atoms with Crippen LogP contribution in [0.4, 0.5) is 121 Å². The number of nitrogens with zero attached hydrogens (tertiary/aromatic N) is 8. The lowest BCUT2D eigenvalue weighted by Crippen LogP contribution is -2.35. The van der Waals surface area contributed by atoms with E-state index < -0.39 is 188 Å². The molecule has 0 fully saturated rings. The van der Waals surface area contributed by atoms with Crippen LogP contribution in [0, 0.1) is 0 Å². The summed E-state index contributed by atoms with van der Waals surface area (Å²) in [6, 6.07) is 21.3. The zero-order chi connectivity index (χ0) is 86.9. The number of aromatic nitrogens is 4. The summed E-state index contributed by atoms with van der Waals surface area (Å²) in [5, 5.41) is 0. The lowest BCUT2D eigenvalue weighted by Gasteiger charge is -2.22. The highest BCUT2D eigenvalue weighted by Crippen LogP contribution is 2.40. The molecule has 0 radical (unpaired) electrons. The van der Waals surface area contributed by atoms with E-state index in [1.807, 2.05) is 0 Å². The van der Waals surface area contributed by atoms with Crippen LogP contribution in [0.3, 0.4) is 0 Å². The molecule has 4 aromatic heterocycles. The molecule has 0 aromatic carbocycles. The third-order valence-corrected chi connectivity index (χ3v) is 22.2. The highest BCUT2D eigenvalue weighted by molar-refractivity contribution is 8.14. The number of pyridine rings is 4. The summed E-state index contributed by atoms with van der Waals surface area (Å²) in [7, 11) is -71.1. The second kappa shape index (κ2) is 40.4. The molecule has 0 N–H and O–H groups in total. The molecule has 108 heavy (non-hydrogen) atoms. The summed E-state index contributed by atoms with van der Waals surface area (Å²) in [6.45, 7) is 0.610. The fraction of sp³-hybridized carbons (Fsp3) is 0.444. The van der Waals surface area contributed by atoms with Crippen LogP contribution in [0.1, 0.15) is 0 Å². The van der Waals surface area contributed by atoms with Crippen LogP contribution in [0.25, 0.3) is 16.5 Å². The second-order valence-electron chi connectivity index (χ2n) is 17.1. The average molecular weight is 1880 g/mol. The molecular weight excluding hydrogens is 1850 g/mol. The number of aryl methyl sites for hydroxylation is 4. The molecule has 0 amide bonds. The Hall–Kier alpha value is -6.12. The Labute approximate surface area is 590 Å². The standard InChI is InChI=1S/4C7H9FNO2S.4C2F6NO4S2/c4*8-12(10,11)7-6-9-4-2-1-3-5-9;4*3-1(4,5)14(10,11)9-15(12,13)2(6,7)8/h4*1-5H,6-7H2;;;;/q4*+1;4*-1. The smallest absolute Gasteiger partial charge is 0.421 e. The highest BCUT2D eigenvalue weighted by Gasteiger charge is 2.50. The maximum atomic E-state index is 12.0. The van der Waals surface area contributed by atoms with Gasteiger partial charge in [0.25, 0.3) is 0 Å². The molecule has 0 aliphatic heterocycles. The van der Waals surface area contributed by atoms with Crippen molar-refractivity contribution in [1.82, 2.24) is 0 Å². The van der Waals surface area contributed by atoms with E-state index in [1.54, 1.807) is 141 Å². The molecule has 0 atom stereocenters. The Morgan fingerprint density at radius 3 is 0.352 bits per heavy atom. The van der Waals surface area contributed by atoms with Crippen molar-refractivity contribution in [1.29, 1.82) is 0 Å². The summed E-state index contributed by atoms with van der Waals surface area (Å²) in [5.74, 6) is -1.88. The fourth-order valence-corrected chi connectivity index (χ4v) is 12.6. The third kappa shape index (κ3) is 45.9. The van der Waals surface area contributed by atoms with Crippen LogP contribution in [0.2, 0.25) is 0 Å². The van der Waals surface area contributed by atoms with Gasteiger partial charge in [0.15, 0.2) is 156 Å². The van der Waals surface area contributed by atoms with Crippen molar-refractivity contribution in [3.8, 4) is 0 Å². The van der Waals surface area contributed by atoms with E-state index in [-0.39, 0.29) is 26.2 Å². The van der Waals surface area contributed by atoms with Crippen molar-refractivity contribution in [2.45, 2.75) is 70.2 Å². The van der Waals surface area contributed by atoms with Crippen LogP contribution < -0.4 is 18.3 Å². The first-order valence-electron chi connectivity index (χ1n) is 24.1. The van der Waals surface area contributed by atoms with Crippen molar-refractivity contribution in [2.24, 2.45) is 0 Å². The molecule has 632 valence electrons. The molecule has 72 heteroatoms. The van der Waals surface area contributed by atoms with Crippen molar-refractivity contribution in [2.75, 3.05) is 23.0 Å². The van der Waals surface area contributed by atoms with Crippen molar-refractivity contribution >= 4 is 121 Å². The molecule has 32 nitrogen and oxygen atoms in total. The molecule has 0 aliphatic rings. The zero-order valence-corrected chi connectivity index (χ0v) is 59.9. The molecule has 0 bridgehead atoms. The van der Waals surface area contributed by atoms with Gasteiger partial charge in [0.1, 0.15) is 23.0 Å². The number of alkyl halides is 24. The van der Waals surface area contributed by atoms with E-state index in [4.69, 9.17) is 0 Å². The Morgan fingerprint density at radius 1 is 0.185 bits per heavy atom. The minimum Gasteiger partial charge on any atom is -0.421 e.